The quantitative estimate of drug-likeness (QED) is 0.709. The van der Waals surface area contributed by atoms with Crippen LogP contribution in [0.25, 0.3) is 10.9 Å². The molecule has 84 valence electrons. The van der Waals surface area contributed by atoms with Gasteiger partial charge >= 0.3 is 5.97 Å². The largest absolute Gasteiger partial charge is 0.477 e. The fourth-order valence-corrected chi connectivity index (χ4v) is 2.47. The second kappa shape index (κ2) is 3.32. The van der Waals surface area contributed by atoms with Crippen LogP contribution in [-0.2, 0) is 10.0 Å². The molecule has 0 aliphatic heterocycles. The van der Waals surface area contributed by atoms with Crippen LogP contribution in [0.5, 0.6) is 0 Å². The normalized spacial score (nSPS) is 11.8. The third-order valence-electron chi connectivity index (χ3n) is 2.16. The minimum absolute atomic E-state index is 0.280. The zero-order valence-corrected chi connectivity index (χ0v) is 8.78. The summed E-state index contributed by atoms with van der Waals surface area (Å²) in [6.07, 6.45) is 0. The lowest BCUT2D eigenvalue weighted by atomic mass is 10.2. The van der Waals surface area contributed by atoms with Crippen LogP contribution < -0.4 is 5.14 Å². The van der Waals surface area contributed by atoms with Crippen molar-refractivity contribution in [2.45, 2.75) is 4.90 Å². The lowest BCUT2D eigenvalue weighted by molar-refractivity contribution is 0.0687. The number of aromatic amines is 1. The van der Waals surface area contributed by atoms with Gasteiger partial charge in [0.05, 0.1) is 0 Å². The van der Waals surface area contributed by atoms with Crippen LogP contribution in [0.15, 0.2) is 29.2 Å². The summed E-state index contributed by atoms with van der Waals surface area (Å²) >= 11 is 0. The van der Waals surface area contributed by atoms with Crippen molar-refractivity contribution in [2.24, 2.45) is 5.14 Å². The number of benzene rings is 1. The number of hydrogen-bond donors (Lipinski definition) is 3. The first-order chi connectivity index (χ1) is 7.41. The number of fused-ring (bicyclic) bond motifs is 1. The molecule has 0 radical (unpaired) electrons. The van der Waals surface area contributed by atoms with Gasteiger partial charge in [-0.1, -0.05) is 18.2 Å². The molecule has 7 heteroatoms. The molecular formula is C9H8N2O4S. The predicted molar refractivity (Wildman–Crippen MR) is 56.6 cm³/mol. The average Bonchev–Trinajstić information content (AvgIpc) is 2.55. The number of primary sulfonamides is 1. The third-order valence-corrected chi connectivity index (χ3v) is 3.15. The highest BCUT2D eigenvalue weighted by atomic mass is 32.2. The van der Waals surface area contributed by atoms with Crippen LogP contribution in [0.2, 0.25) is 0 Å². The molecule has 0 aliphatic carbocycles. The van der Waals surface area contributed by atoms with Gasteiger partial charge in [0.15, 0.2) is 0 Å². The summed E-state index contributed by atoms with van der Waals surface area (Å²) in [4.78, 5) is 13.0. The number of aromatic nitrogens is 1. The van der Waals surface area contributed by atoms with Crippen LogP contribution in [0.3, 0.4) is 0 Å². The number of carboxylic acids is 1. The minimum atomic E-state index is -4.07. The van der Waals surface area contributed by atoms with Crippen molar-refractivity contribution in [3.63, 3.8) is 0 Å². The minimum Gasteiger partial charge on any atom is -0.477 e. The van der Waals surface area contributed by atoms with E-state index in [0.717, 1.165) is 0 Å². The number of aromatic carboxylic acids is 1. The SMILES string of the molecule is NS(=O)(=O)c1c(C(=O)O)[nH]c2ccccc12. The van der Waals surface area contributed by atoms with E-state index < -0.39 is 21.7 Å². The second-order valence-corrected chi connectivity index (χ2v) is 4.72. The lowest BCUT2D eigenvalue weighted by Gasteiger charge is -1.97. The van der Waals surface area contributed by atoms with Crippen molar-refractivity contribution in [3.8, 4) is 0 Å². The van der Waals surface area contributed by atoms with Gasteiger partial charge in [-0.2, -0.15) is 0 Å². The van der Waals surface area contributed by atoms with Crippen molar-refractivity contribution in [1.29, 1.82) is 0 Å². The molecule has 1 aromatic carbocycles. The van der Waals surface area contributed by atoms with E-state index in [0.29, 0.717) is 5.52 Å². The summed E-state index contributed by atoms with van der Waals surface area (Å²) < 4.78 is 22.7. The molecule has 0 unspecified atom stereocenters. The number of carbonyl (C=O) groups is 1. The molecule has 4 N–H and O–H groups in total. The fraction of sp³-hybridized carbons (Fsp3) is 0. The van der Waals surface area contributed by atoms with Crippen molar-refractivity contribution >= 4 is 26.9 Å². The number of H-pyrrole nitrogens is 1. The monoisotopic (exact) mass is 240 g/mol. The Balaban J connectivity index is 2.97. The van der Waals surface area contributed by atoms with Crippen molar-refractivity contribution < 1.29 is 18.3 Å². The maximum atomic E-state index is 11.3. The standard InChI is InChI=1S/C9H8N2O4S/c10-16(14,15)8-5-3-1-2-4-6(5)11-7(8)9(12)13/h1-4,11H,(H,12,13)(H2,10,14,15). The summed E-state index contributed by atoms with van der Waals surface area (Å²) in [5.74, 6) is -1.36. The molecule has 16 heavy (non-hydrogen) atoms. The Morgan fingerprint density at radius 1 is 1.31 bits per heavy atom. The van der Waals surface area contributed by atoms with Crippen LogP contribution in [0.4, 0.5) is 0 Å². The Morgan fingerprint density at radius 3 is 2.50 bits per heavy atom. The number of nitrogens with two attached hydrogens (primary N) is 1. The van der Waals surface area contributed by atoms with Crippen LogP contribution in [0.1, 0.15) is 10.5 Å². The highest BCUT2D eigenvalue weighted by molar-refractivity contribution is 7.89. The molecule has 0 saturated heterocycles. The molecule has 0 saturated carbocycles. The van der Waals surface area contributed by atoms with Gasteiger partial charge in [-0.05, 0) is 6.07 Å². The summed E-state index contributed by atoms with van der Waals surface area (Å²) in [6.45, 7) is 0. The van der Waals surface area contributed by atoms with Gasteiger partial charge in [0.1, 0.15) is 10.6 Å². The fourth-order valence-electron chi connectivity index (χ4n) is 1.56. The zero-order chi connectivity index (χ0) is 11.9. The number of para-hydroxylation sites is 1. The van der Waals surface area contributed by atoms with Gasteiger partial charge in [0, 0.05) is 10.9 Å². The van der Waals surface area contributed by atoms with Gasteiger partial charge < -0.3 is 10.1 Å². The van der Waals surface area contributed by atoms with Gasteiger partial charge in [0.25, 0.3) is 0 Å². The first kappa shape index (κ1) is 10.7. The maximum Gasteiger partial charge on any atom is 0.353 e. The van der Waals surface area contributed by atoms with E-state index in [2.05, 4.69) is 4.98 Å². The molecule has 2 aromatic rings. The number of carboxylic acid groups (broad SMARTS) is 1. The molecule has 0 bridgehead atoms. The molecule has 0 fully saturated rings. The van der Waals surface area contributed by atoms with Crippen molar-refractivity contribution in [3.05, 3.63) is 30.0 Å². The number of sulfonamides is 1. The van der Waals surface area contributed by atoms with E-state index in [9.17, 15) is 13.2 Å². The summed E-state index contributed by atoms with van der Waals surface area (Å²) in [6, 6.07) is 6.35. The van der Waals surface area contributed by atoms with Crippen LogP contribution >= 0.6 is 0 Å². The highest BCUT2D eigenvalue weighted by Crippen LogP contribution is 2.25. The topological polar surface area (TPSA) is 113 Å². The van der Waals surface area contributed by atoms with E-state index in [4.69, 9.17) is 10.2 Å². The van der Waals surface area contributed by atoms with E-state index in [1.807, 2.05) is 0 Å². The zero-order valence-electron chi connectivity index (χ0n) is 7.97. The Morgan fingerprint density at radius 2 is 1.94 bits per heavy atom. The highest BCUT2D eigenvalue weighted by Gasteiger charge is 2.24. The molecular weight excluding hydrogens is 232 g/mol. The predicted octanol–water partition coefficient (Wildman–Crippen LogP) is 0.514. The van der Waals surface area contributed by atoms with Gasteiger partial charge in [0.2, 0.25) is 10.0 Å². The molecule has 1 aromatic heterocycles. The van der Waals surface area contributed by atoms with Crippen LogP contribution in [-0.4, -0.2) is 24.5 Å². The Hall–Kier alpha value is -1.86. The van der Waals surface area contributed by atoms with E-state index in [1.165, 1.54) is 6.07 Å². The average molecular weight is 240 g/mol. The van der Waals surface area contributed by atoms with Gasteiger partial charge in [-0.25, -0.2) is 18.4 Å². The summed E-state index contributed by atoms with van der Waals surface area (Å²) in [5, 5.41) is 14.2. The van der Waals surface area contributed by atoms with E-state index >= 15 is 0 Å². The number of rotatable bonds is 2. The number of hydrogen-bond acceptors (Lipinski definition) is 3. The van der Waals surface area contributed by atoms with Gasteiger partial charge in [-0.3, -0.25) is 0 Å². The Kier molecular flexibility index (Phi) is 2.21. The molecule has 1 heterocycles. The summed E-state index contributed by atoms with van der Waals surface area (Å²) in [5.41, 5.74) is 0.00706. The molecule has 2 rings (SSSR count). The first-order valence-corrected chi connectivity index (χ1v) is 5.82. The van der Waals surface area contributed by atoms with Crippen molar-refractivity contribution in [2.75, 3.05) is 0 Å². The molecule has 0 amide bonds. The lowest BCUT2D eigenvalue weighted by Crippen LogP contribution is -2.15. The Bertz CT molecular complexity index is 672. The Labute approximate surface area is 90.7 Å². The molecule has 6 nitrogen and oxygen atoms in total. The smallest absolute Gasteiger partial charge is 0.353 e. The third kappa shape index (κ3) is 1.55. The van der Waals surface area contributed by atoms with Crippen LogP contribution in [0, 0.1) is 0 Å². The number of nitrogens with one attached hydrogen (secondary N) is 1. The molecule has 0 spiro atoms. The first-order valence-electron chi connectivity index (χ1n) is 4.28. The summed E-state index contributed by atoms with van der Waals surface area (Å²) in [7, 11) is -4.07. The van der Waals surface area contributed by atoms with E-state index in [1.54, 1.807) is 18.2 Å². The second-order valence-electron chi connectivity index (χ2n) is 3.22. The van der Waals surface area contributed by atoms with Crippen molar-refractivity contribution in [1.82, 2.24) is 4.98 Å². The molecule has 0 atom stereocenters. The molecule has 0 aliphatic rings. The van der Waals surface area contributed by atoms with Gasteiger partial charge in [-0.15, -0.1) is 0 Å². The van der Waals surface area contributed by atoms with E-state index in [-0.39, 0.29) is 10.3 Å². The maximum absolute atomic E-state index is 11.3.